The van der Waals surface area contributed by atoms with Gasteiger partial charge in [-0.25, -0.2) is 4.79 Å². The van der Waals surface area contributed by atoms with Gasteiger partial charge in [0.2, 0.25) is 11.0 Å². The Morgan fingerprint density at radius 2 is 2.12 bits per heavy atom. The summed E-state index contributed by atoms with van der Waals surface area (Å²) >= 11 is 1.27. The Labute approximate surface area is 97.4 Å². The molecule has 4 nitrogen and oxygen atoms in total. The zero-order chi connectivity index (χ0) is 11.6. The highest BCUT2D eigenvalue weighted by molar-refractivity contribution is 8.01. The second kappa shape index (κ2) is 4.17. The molecule has 1 aromatic carbocycles. The molecule has 2 rings (SSSR count). The van der Waals surface area contributed by atoms with Crippen molar-refractivity contribution in [3.63, 3.8) is 0 Å². The lowest BCUT2D eigenvalue weighted by molar-refractivity contribution is -0.120. The van der Waals surface area contributed by atoms with Gasteiger partial charge < -0.3 is 10.1 Å². The lowest BCUT2D eigenvalue weighted by Gasteiger charge is -2.22. The molecule has 5 heteroatoms. The summed E-state index contributed by atoms with van der Waals surface area (Å²) in [6, 6.07) is 8.70. The minimum Gasteiger partial charge on any atom is -0.426 e. The number of nitrogens with one attached hydrogen (secondary N) is 1. The number of hydrogen-bond donors (Lipinski definition) is 1. The Balaban J connectivity index is 2.06. The molecule has 0 aliphatic carbocycles. The molecule has 1 aromatic rings. The number of benzene rings is 1. The van der Waals surface area contributed by atoms with E-state index >= 15 is 0 Å². The van der Waals surface area contributed by atoms with Crippen LogP contribution >= 0.6 is 11.8 Å². The predicted molar refractivity (Wildman–Crippen MR) is 60.9 cm³/mol. The van der Waals surface area contributed by atoms with Crippen LogP contribution in [0.5, 0.6) is 0 Å². The molecule has 84 valence electrons. The minimum atomic E-state index is -0.940. The maximum absolute atomic E-state index is 11.7. The van der Waals surface area contributed by atoms with Gasteiger partial charge in [-0.05, 0) is 12.1 Å². The highest BCUT2D eigenvalue weighted by Crippen LogP contribution is 2.29. The summed E-state index contributed by atoms with van der Waals surface area (Å²) in [7, 11) is 0. The van der Waals surface area contributed by atoms with Crippen molar-refractivity contribution in [1.29, 1.82) is 0 Å². The Morgan fingerprint density at radius 1 is 1.44 bits per heavy atom. The van der Waals surface area contributed by atoms with Gasteiger partial charge in [0.1, 0.15) is 0 Å². The van der Waals surface area contributed by atoms with E-state index in [-0.39, 0.29) is 5.91 Å². The smallest absolute Gasteiger partial charge is 0.340 e. The van der Waals surface area contributed by atoms with Crippen LogP contribution < -0.4 is 5.32 Å². The van der Waals surface area contributed by atoms with Crippen molar-refractivity contribution in [1.82, 2.24) is 5.32 Å². The number of rotatable bonds is 2. The van der Waals surface area contributed by atoms with Gasteiger partial charge in [0, 0.05) is 6.92 Å². The van der Waals surface area contributed by atoms with E-state index in [1.807, 2.05) is 6.07 Å². The molecule has 16 heavy (non-hydrogen) atoms. The van der Waals surface area contributed by atoms with Gasteiger partial charge in [-0.1, -0.05) is 30.0 Å². The molecule has 1 atom stereocenters. The number of ether oxygens (including phenoxy) is 1. The summed E-state index contributed by atoms with van der Waals surface area (Å²) < 4.78 is 5.25. The first kappa shape index (κ1) is 11.0. The first-order valence-corrected chi connectivity index (χ1v) is 5.81. The van der Waals surface area contributed by atoms with Crippen molar-refractivity contribution in [2.24, 2.45) is 0 Å². The summed E-state index contributed by atoms with van der Waals surface area (Å²) in [5, 5.41) is 1.67. The van der Waals surface area contributed by atoms with E-state index in [1.54, 1.807) is 31.2 Å². The lowest BCUT2D eigenvalue weighted by atomic mass is 10.2. The zero-order valence-electron chi connectivity index (χ0n) is 8.73. The van der Waals surface area contributed by atoms with E-state index in [1.165, 1.54) is 11.8 Å². The molecule has 0 saturated carbocycles. The van der Waals surface area contributed by atoms with Gasteiger partial charge >= 0.3 is 5.97 Å². The van der Waals surface area contributed by atoms with E-state index in [2.05, 4.69) is 5.32 Å². The quantitative estimate of drug-likeness (QED) is 0.789. The lowest BCUT2D eigenvalue weighted by Crippen LogP contribution is -2.40. The molecular weight excluding hydrogens is 226 g/mol. The van der Waals surface area contributed by atoms with Crippen LogP contribution in [0.2, 0.25) is 0 Å². The van der Waals surface area contributed by atoms with Crippen LogP contribution in [0, 0.1) is 0 Å². The van der Waals surface area contributed by atoms with Crippen molar-refractivity contribution in [2.45, 2.75) is 12.0 Å². The molecule has 0 bridgehead atoms. The summed E-state index contributed by atoms with van der Waals surface area (Å²) in [4.78, 5) is 22.8. The Bertz CT molecular complexity index is 420. The van der Waals surface area contributed by atoms with Crippen LogP contribution in [0.3, 0.4) is 0 Å². The van der Waals surface area contributed by atoms with E-state index in [0.29, 0.717) is 11.3 Å². The van der Waals surface area contributed by atoms with E-state index in [0.717, 1.165) is 0 Å². The number of amides is 1. The molecule has 1 aliphatic heterocycles. The van der Waals surface area contributed by atoms with Crippen LogP contribution in [0.1, 0.15) is 17.3 Å². The van der Waals surface area contributed by atoms with Crippen molar-refractivity contribution >= 4 is 23.6 Å². The molecule has 1 aliphatic rings. The molecule has 1 unspecified atom stereocenters. The van der Waals surface area contributed by atoms with Gasteiger partial charge in [0.25, 0.3) is 0 Å². The first-order valence-electron chi connectivity index (χ1n) is 4.82. The van der Waals surface area contributed by atoms with Crippen LogP contribution in [0.25, 0.3) is 0 Å². The second-order valence-corrected chi connectivity index (χ2v) is 4.89. The number of carbonyl (C=O) groups excluding carboxylic acids is 2. The van der Waals surface area contributed by atoms with Crippen molar-refractivity contribution in [3.8, 4) is 0 Å². The number of esters is 1. The molecule has 1 amide bonds. The monoisotopic (exact) mass is 237 g/mol. The third-order valence-electron chi connectivity index (χ3n) is 2.14. The van der Waals surface area contributed by atoms with E-state index in [9.17, 15) is 9.59 Å². The Kier molecular flexibility index (Phi) is 2.87. The SMILES string of the molecule is CC1(OC(=O)c2ccccc2)NC(=O)CS1. The summed E-state index contributed by atoms with van der Waals surface area (Å²) in [5.74, 6) is -0.232. The highest BCUT2D eigenvalue weighted by Gasteiger charge is 2.37. The fourth-order valence-corrected chi connectivity index (χ4v) is 2.19. The Morgan fingerprint density at radius 3 is 2.69 bits per heavy atom. The van der Waals surface area contributed by atoms with Gasteiger partial charge in [-0.15, -0.1) is 0 Å². The highest BCUT2D eigenvalue weighted by atomic mass is 32.2. The molecule has 1 N–H and O–H groups in total. The molecule has 0 radical (unpaired) electrons. The third kappa shape index (κ3) is 2.36. The minimum absolute atomic E-state index is 0.117. The fourth-order valence-electron chi connectivity index (χ4n) is 1.39. The predicted octanol–water partition coefficient (Wildman–Crippen LogP) is 1.38. The maximum Gasteiger partial charge on any atom is 0.340 e. The van der Waals surface area contributed by atoms with Crippen molar-refractivity contribution < 1.29 is 14.3 Å². The van der Waals surface area contributed by atoms with Gasteiger partial charge in [-0.3, -0.25) is 4.79 Å². The first-order chi connectivity index (χ1) is 7.59. The second-order valence-electron chi connectivity index (χ2n) is 3.54. The molecule has 0 aromatic heterocycles. The summed E-state index contributed by atoms with van der Waals surface area (Å²) in [6.45, 7) is 1.67. The van der Waals surface area contributed by atoms with Crippen LogP contribution in [0.15, 0.2) is 30.3 Å². The average Bonchev–Trinajstić information content (AvgIpc) is 2.59. The molecular formula is C11H11NO3S. The van der Waals surface area contributed by atoms with E-state index in [4.69, 9.17) is 4.74 Å². The summed E-state index contributed by atoms with van der Waals surface area (Å²) in [6.07, 6.45) is 0. The summed E-state index contributed by atoms with van der Waals surface area (Å²) in [5.41, 5.74) is 0.477. The largest absolute Gasteiger partial charge is 0.426 e. The molecule has 0 spiro atoms. The number of carbonyl (C=O) groups is 2. The molecule has 1 saturated heterocycles. The van der Waals surface area contributed by atoms with Crippen LogP contribution in [0.4, 0.5) is 0 Å². The zero-order valence-corrected chi connectivity index (χ0v) is 9.54. The van der Waals surface area contributed by atoms with Gasteiger partial charge in [0.15, 0.2) is 0 Å². The number of hydrogen-bond acceptors (Lipinski definition) is 4. The topological polar surface area (TPSA) is 55.4 Å². The average molecular weight is 237 g/mol. The Hall–Kier alpha value is -1.49. The molecule has 1 heterocycles. The van der Waals surface area contributed by atoms with E-state index < -0.39 is 11.0 Å². The number of thioether (sulfide) groups is 1. The van der Waals surface area contributed by atoms with Crippen molar-refractivity contribution in [3.05, 3.63) is 35.9 Å². The van der Waals surface area contributed by atoms with Gasteiger partial charge in [-0.2, -0.15) is 0 Å². The van der Waals surface area contributed by atoms with Crippen LogP contribution in [-0.4, -0.2) is 22.7 Å². The molecule has 1 fully saturated rings. The third-order valence-corrected chi connectivity index (χ3v) is 3.28. The fraction of sp³-hybridized carbons (Fsp3) is 0.273. The van der Waals surface area contributed by atoms with Crippen molar-refractivity contribution in [2.75, 3.05) is 5.75 Å². The maximum atomic E-state index is 11.7. The normalized spacial score (nSPS) is 23.9. The van der Waals surface area contributed by atoms with Crippen LogP contribution in [-0.2, 0) is 9.53 Å². The standard InChI is InChI=1S/C11H11NO3S/c1-11(12-9(13)7-16-11)15-10(14)8-5-3-2-4-6-8/h2-6H,7H2,1H3,(H,12,13). The van der Waals surface area contributed by atoms with Gasteiger partial charge in [0.05, 0.1) is 11.3 Å².